The van der Waals surface area contributed by atoms with Crippen LogP contribution in [-0.4, -0.2) is 24.8 Å². The Hall–Kier alpha value is -0.930. The molecular weight excluding hydrogens is 264 g/mol. The van der Waals surface area contributed by atoms with Gasteiger partial charge >= 0.3 is 0 Å². The third-order valence-corrected chi connectivity index (χ3v) is 5.35. The largest absolute Gasteiger partial charge is 0.360 e. The molecule has 0 bridgehead atoms. The standard InChI is InChI=1S/C17H24N2S/c1-18-9-3-4-12-5-7-14-13(10-12)6-8-15-17(14)16(20-2)11-19-15/h6,8,11-12,18-19H,3-5,7,9-10H2,1-2H3. The van der Waals surface area contributed by atoms with Crippen molar-refractivity contribution in [1.82, 2.24) is 10.3 Å². The van der Waals surface area contributed by atoms with Crippen LogP contribution in [-0.2, 0) is 12.8 Å². The Labute approximate surface area is 125 Å². The summed E-state index contributed by atoms with van der Waals surface area (Å²) in [6, 6.07) is 4.62. The molecule has 0 radical (unpaired) electrons. The number of aromatic amines is 1. The summed E-state index contributed by atoms with van der Waals surface area (Å²) in [5.74, 6) is 0.880. The lowest BCUT2D eigenvalue weighted by molar-refractivity contribution is 0.413. The minimum absolute atomic E-state index is 0.880. The number of hydrogen-bond acceptors (Lipinski definition) is 2. The fourth-order valence-electron chi connectivity index (χ4n) is 3.52. The Morgan fingerprint density at radius 2 is 2.30 bits per heavy atom. The van der Waals surface area contributed by atoms with Gasteiger partial charge in [0.05, 0.1) is 0 Å². The Kier molecular flexibility index (Phi) is 4.37. The molecule has 3 rings (SSSR count). The van der Waals surface area contributed by atoms with Crippen molar-refractivity contribution in [3.63, 3.8) is 0 Å². The maximum Gasteiger partial charge on any atom is 0.0468 e. The van der Waals surface area contributed by atoms with Gasteiger partial charge in [0.2, 0.25) is 0 Å². The van der Waals surface area contributed by atoms with Crippen LogP contribution in [0, 0.1) is 5.92 Å². The van der Waals surface area contributed by atoms with Crippen LogP contribution >= 0.6 is 11.8 Å². The predicted molar refractivity (Wildman–Crippen MR) is 88.8 cm³/mol. The molecule has 0 saturated carbocycles. The van der Waals surface area contributed by atoms with E-state index in [1.165, 1.54) is 47.9 Å². The van der Waals surface area contributed by atoms with Gasteiger partial charge < -0.3 is 10.3 Å². The summed E-state index contributed by atoms with van der Waals surface area (Å²) in [7, 11) is 2.04. The van der Waals surface area contributed by atoms with Crippen molar-refractivity contribution in [2.45, 2.75) is 37.0 Å². The first-order valence-electron chi connectivity index (χ1n) is 7.64. The van der Waals surface area contributed by atoms with Crippen molar-refractivity contribution < 1.29 is 0 Å². The number of thioether (sulfide) groups is 1. The maximum absolute atomic E-state index is 3.41. The molecule has 0 aliphatic heterocycles. The van der Waals surface area contributed by atoms with E-state index in [-0.39, 0.29) is 0 Å². The van der Waals surface area contributed by atoms with Gasteiger partial charge in [0.15, 0.2) is 0 Å². The van der Waals surface area contributed by atoms with Crippen LogP contribution < -0.4 is 5.32 Å². The number of aryl methyl sites for hydroxylation is 1. The van der Waals surface area contributed by atoms with Crippen LogP contribution in [0.1, 0.15) is 30.4 Å². The summed E-state index contributed by atoms with van der Waals surface area (Å²) in [4.78, 5) is 4.82. The lowest BCUT2D eigenvalue weighted by atomic mass is 9.80. The zero-order valence-electron chi connectivity index (χ0n) is 12.5. The predicted octanol–water partition coefficient (Wildman–Crippen LogP) is 3.99. The first-order chi connectivity index (χ1) is 9.83. The smallest absolute Gasteiger partial charge is 0.0468 e. The molecule has 1 aliphatic rings. The summed E-state index contributed by atoms with van der Waals surface area (Å²) in [5.41, 5.74) is 4.51. The molecule has 2 aromatic rings. The van der Waals surface area contributed by atoms with E-state index in [1.54, 1.807) is 11.1 Å². The van der Waals surface area contributed by atoms with Crippen LogP contribution in [0.4, 0.5) is 0 Å². The first kappa shape index (κ1) is 14.0. The van der Waals surface area contributed by atoms with Crippen molar-refractivity contribution >= 4 is 22.7 Å². The van der Waals surface area contributed by atoms with E-state index in [0.29, 0.717) is 0 Å². The van der Waals surface area contributed by atoms with Crippen molar-refractivity contribution in [1.29, 1.82) is 0 Å². The van der Waals surface area contributed by atoms with E-state index in [4.69, 9.17) is 0 Å². The highest BCUT2D eigenvalue weighted by molar-refractivity contribution is 7.98. The van der Waals surface area contributed by atoms with E-state index < -0.39 is 0 Å². The number of rotatable bonds is 5. The zero-order chi connectivity index (χ0) is 13.9. The molecule has 1 aromatic carbocycles. The van der Waals surface area contributed by atoms with Crippen molar-refractivity contribution in [2.75, 3.05) is 19.8 Å². The summed E-state index contributed by atoms with van der Waals surface area (Å²) in [6.45, 7) is 1.15. The van der Waals surface area contributed by atoms with Crippen LogP contribution in [0.25, 0.3) is 10.9 Å². The van der Waals surface area contributed by atoms with Crippen LogP contribution in [0.3, 0.4) is 0 Å². The lowest BCUT2D eigenvalue weighted by Crippen LogP contribution is -2.16. The van der Waals surface area contributed by atoms with Crippen molar-refractivity contribution in [3.05, 3.63) is 29.5 Å². The molecule has 0 amide bonds. The molecule has 1 unspecified atom stereocenters. The Bertz CT molecular complexity index is 588. The SMILES string of the molecule is CNCCCC1CCc2c(ccc3[nH]cc(SC)c23)C1. The van der Waals surface area contributed by atoms with Gasteiger partial charge in [0.1, 0.15) is 0 Å². The van der Waals surface area contributed by atoms with Gasteiger partial charge in [0.25, 0.3) is 0 Å². The van der Waals surface area contributed by atoms with E-state index in [0.717, 1.165) is 12.5 Å². The molecule has 1 aromatic heterocycles. The monoisotopic (exact) mass is 288 g/mol. The molecule has 1 aliphatic carbocycles. The molecule has 108 valence electrons. The summed E-state index contributed by atoms with van der Waals surface area (Å²) in [5, 5.41) is 4.74. The van der Waals surface area contributed by atoms with Gasteiger partial charge in [-0.1, -0.05) is 6.07 Å². The van der Waals surface area contributed by atoms with E-state index in [9.17, 15) is 0 Å². The van der Waals surface area contributed by atoms with E-state index in [1.807, 2.05) is 18.8 Å². The zero-order valence-corrected chi connectivity index (χ0v) is 13.3. The average Bonchev–Trinajstić information content (AvgIpc) is 2.90. The van der Waals surface area contributed by atoms with E-state index in [2.05, 4.69) is 34.9 Å². The quantitative estimate of drug-likeness (QED) is 0.643. The molecule has 2 nitrogen and oxygen atoms in total. The summed E-state index contributed by atoms with van der Waals surface area (Å²) >= 11 is 1.86. The highest BCUT2D eigenvalue weighted by Crippen LogP contribution is 2.37. The second-order valence-corrected chi connectivity index (χ2v) is 6.69. The lowest BCUT2D eigenvalue weighted by Gasteiger charge is -2.25. The van der Waals surface area contributed by atoms with Crippen LogP contribution in [0.5, 0.6) is 0 Å². The summed E-state index contributed by atoms with van der Waals surface area (Å²) in [6.07, 6.45) is 10.9. The molecule has 2 N–H and O–H groups in total. The van der Waals surface area contributed by atoms with Gasteiger partial charge in [-0.15, -0.1) is 11.8 Å². The van der Waals surface area contributed by atoms with E-state index >= 15 is 0 Å². The number of fused-ring (bicyclic) bond motifs is 3. The van der Waals surface area contributed by atoms with Gasteiger partial charge in [0, 0.05) is 22.0 Å². The third-order valence-electron chi connectivity index (χ3n) is 4.59. The average molecular weight is 288 g/mol. The third kappa shape index (κ3) is 2.61. The number of H-pyrrole nitrogens is 1. The Balaban J connectivity index is 1.84. The Morgan fingerprint density at radius 3 is 3.10 bits per heavy atom. The molecule has 1 heterocycles. The first-order valence-corrected chi connectivity index (χ1v) is 8.86. The van der Waals surface area contributed by atoms with Gasteiger partial charge in [-0.2, -0.15) is 0 Å². The molecule has 0 saturated heterocycles. The second-order valence-electron chi connectivity index (χ2n) is 5.84. The van der Waals surface area contributed by atoms with Crippen LogP contribution in [0.15, 0.2) is 23.2 Å². The maximum atomic E-state index is 3.41. The number of benzene rings is 1. The van der Waals surface area contributed by atoms with Crippen molar-refractivity contribution in [2.24, 2.45) is 5.92 Å². The molecule has 0 fully saturated rings. The number of hydrogen-bond donors (Lipinski definition) is 2. The second kappa shape index (κ2) is 6.23. The highest BCUT2D eigenvalue weighted by Gasteiger charge is 2.21. The fraction of sp³-hybridized carbons (Fsp3) is 0.529. The van der Waals surface area contributed by atoms with Gasteiger partial charge in [-0.05, 0) is 75.1 Å². The normalized spacial score (nSPS) is 18.4. The fourth-order valence-corrected chi connectivity index (χ4v) is 4.14. The highest BCUT2D eigenvalue weighted by atomic mass is 32.2. The minimum Gasteiger partial charge on any atom is -0.360 e. The summed E-state index contributed by atoms with van der Waals surface area (Å²) < 4.78 is 0. The minimum atomic E-state index is 0.880. The molecule has 0 spiro atoms. The molecule has 1 atom stereocenters. The number of nitrogens with one attached hydrogen (secondary N) is 2. The topological polar surface area (TPSA) is 27.8 Å². The van der Waals surface area contributed by atoms with Gasteiger partial charge in [-0.25, -0.2) is 0 Å². The molecule has 20 heavy (non-hydrogen) atoms. The Morgan fingerprint density at radius 1 is 1.40 bits per heavy atom. The molecule has 3 heteroatoms. The van der Waals surface area contributed by atoms with Crippen molar-refractivity contribution in [3.8, 4) is 0 Å². The number of aromatic nitrogens is 1. The van der Waals surface area contributed by atoms with Gasteiger partial charge in [-0.3, -0.25) is 0 Å². The van der Waals surface area contributed by atoms with Crippen LogP contribution in [0.2, 0.25) is 0 Å². The molecular formula is C17H24N2S.